The Labute approximate surface area is 146 Å². The molecule has 2 fully saturated rings. The lowest BCUT2D eigenvalue weighted by atomic mass is 9.84. The molecule has 2 heterocycles. The minimum Gasteiger partial charge on any atom is -0.357 e. The number of nitrogens with one attached hydrogen (secondary N) is 1. The normalized spacial score (nSPS) is 26.7. The van der Waals surface area contributed by atoms with Gasteiger partial charge in [-0.3, -0.25) is 4.79 Å². The number of alkyl halides is 2. The molecule has 1 aliphatic heterocycles. The van der Waals surface area contributed by atoms with E-state index in [4.69, 9.17) is 0 Å². The molecule has 2 aliphatic rings. The van der Waals surface area contributed by atoms with Crippen LogP contribution in [-0.4, -0.2) is 28.3 Å². The van der Waals surface area contributed by atoms with Crippen molar-refractivity contribution in [3.63, 3.8) is 0 Å². The lowest BCUT2D eigenvalue weighted by Crippen LogP contribution is -2.44. The Morgan fingerprint density at radius 3 is 2.80 bits per heavy atom. The van der Waals surface area contributed by atoms with E-state index in [1.54, 1.807) is 0 Å². The summed E-state index contributed by atoms with van der Waals surface area (Å²) in [5.41, 5.74) is 2.08. The van der Waals surface area contributed by atoms with E-state index in [1.807, 2.05) is 29.2 Å². The molecule has 2 unspecified atom stereocenters. The van der Waals surface area contributed by atoms with Gasteiger partial charge in [-0.2, -0.15) is 0 Å². The molecular formula is C20H24F2N2O. The lowest BCUT2D eigenvalue weighted by molar-refractivity contribution is -0.146. The number of benzene rings is 1. The SMILES string of the molecule is O=C(C1CCCC(F)(F)C1)N1CCCCC1c1cc2ccccc2[nH]1. The van der Waals surface area contributed by atoms with Crippen LogP contribution in [0.2, 0.25) is 0 Å². The van der Waals surface area contributed by atoms with Gasteiger partial charge in [-0.25, -0.2) is 8.78 Å². The number of halogens is 2. The largest absolute Gasteiger partial charge is 0.357 e. The molecule has 0 radical (unpaired) electrons. The fourth-order valence-corrected chi connectivity index (χ4v) is 4.41. The average molecular weight is 346 g/mol. The Morgan fingerprint density at radius 1 is 1.16 bits per heavy atom. The van der Waals surface area contributed by atoms with E-state index in [2.05, 4.69) is 11.1 Å². The van der Waals surface area contributed by atoms with Crippen LogP contribution in [-0.2, 0) is 4.79 Å². The lowest BCUT2D eigenvalue weighted by Gasteiger charge is -2.39. The van der Waals surface area contributed by atoms with Gasteiger partial charge in [-0.05, 0) is 49.6 Å². The van der Waals surface area contributed by atoms with E-state index in [9.17, 15) is 13.6 Å². The molecule has 134 valence electrons. The number of likely N-dealkylation sites (tertiary alicyclic amines) is 1. The van der Waals surface area contributed by atoms with Crippen molar-refractivity contribution < 1.29 is 13.6 Å². The molecular weight excluding hydrogens is 322 g/mol. The Morgan fingerprint density at radius 2 is 2.00 bits per heavy atom. The highest BCUT2D eigenvalue weighted by atomic mass is 19.3. The summed E-state index contributed by atoms with van der Waals surface area (Å²) in [5, 5.41) is 1.12. The number of aromatic nitrogens is 1. The first-order chi connectivity index (χ1) is 12.0. The molecule has 1 N–H and O–H groups in total. The molecule has 1 amide bonds. The van der Waals surface area contributed by atoms with Crippen LogP contribution in [0.5, 0.6) is 0 Å². The van der Waals surface area contributed by atoms with Crippen molar-refractivity contribution >= 4 is 16.8 Å². The number of hydrogen-bond donors (Lipinski definition) is 1. The maximum Gasteiger partial charge on any atom is 0.248 e. The summed E-state index contributed by atoms with van der Waals surface area (Å²) in [4.78, 5) is 18.3. The zero-order chi connectivity index (χ0) is 17.4. The summed E-state index contributed by atoms with van der Waals surface area (Å²) < 4.78 is 27.5. The number of carbonyl (C=O) groups is 1. The van der Waals surface area contributed by atoms with Gasteiger partial charge in [0.2, 0.25) is 11.8 Å². The van der Waals surface area contributed by atoms with E-state index < -0.39 is 11.8 Å². The van der Waals surface area contributed by atoms with E-state index in [1.165, 1.54) is 0 Å². The highest BCUT2D eigenvalue weighted by Gasteiger charge is 2.42. The molecule has 4 rings (SSSR count). The fraction of sp³-hybridized carbons (Fsp3) is 0.550. The molecule has 1 aliphatic carbocycles. The van der Waals surface area contributed by atoms with Gasteiger partial charge >= 0.3 is 0 Å². The maximum absolute atomic E-state index is 13.8. The summed E-state index contributed by atoms with van der Waals surface area (Å²) >= 11 is 0. The van der Waals surface area contributed by atoms with Crippen molar-refractivity contribution in [1.82, 2.24) is 9.88 Å². The van der Waals surface area contributed by atoms with Crippen LogP contribution in [0.3, 0.4) is 0 Å². The Kier molecular flexibility index (Phi) is 4.26. The van der Waals surface area contributed by atoms with E-state index in [-0.39, 0.29) is 24.8 Å². The molecule has 0 bridgehead atoms. The number of fused-ring (bicyclic) bond motifs is 1. The van der Waals surface area contributed by atoms with Crippen LogP contribution in [0.15, 0.2) is 30.3 Å². The molecule has 2 atom stereocenters. The van der Waals surface area contributed by atoms with Crippen molar-refractivity contribution in [3.8, 4) is 0 Å². The first-order valence-corrected chi connectivity index (χ1v) is 9.29. The summed E-state index contributed by atoms with van der Waals surface area (Å²) in [6.07, 6.45) is 3.56. The van der Waals surface area contributed by atoms with Gasteiger partial charge in [0.1, 0.15) is 0 Å². The summed E-state index contributed by atoms with van der Waals surface area (Å²) in [7, 11) is 0. The third-order valence-corrected chi connectivity index (χ3v) is 5.69. The predicted molar refractivity (Wildman–Crippen MR) is 93.5 cm³/mol. The van der Waals surface area contributed by atoms with E-state index in [0.29, 0.717) is 19.4 Å². The zero-order valence-electron chi connectivity index (χ0n) is 14.3. The number of nitrogens with zero attached hydrogens (tertiary/aromatic N) is 1. The van der Waals surface area contributed by atoms with Crippen molar-refractivity contribution in [2.24, 2.45) is 5.92 Å². The second-order valence-electron chi connectivity index (χ2n) is 7.50. The molecule has 1 saturated carbocycles. The second-order valence-corrected chi connectivity index (χ2v) is 7.50. The fourth-order valence-electron chi connectivity index (χ4n) is 4.41. The molecule has 0 spiro atoms. The first kappa shape index (κ1) is 16.6. The van der Waals surface area contributed by atoms with E-state index in [0.717, 1.165) is 35.9 Å². The Hall–Kier alpha value is -1.91. The number of H-pyrrole nitrogens is 1. The van der Waals surface area contributed by atoms with Gasteiger partial charge in [0.15, 0.2) is 0 Å². The van der Waals surface area contributed by atoms with Crippen LogP contribution in [0.1, 0.15) is 56.7 Å². The van der Waals surface area contributed by atoms with Crippen LogP contribution in [0, 0.1) is 5.92 Å². The zero-order valence-corrected chi connectivity index (χ0v) is 14.3. The topological polar surface area (TPSA) is 36.1 Å². The monoisotopic (exact) mass is 346 g/mol. The summed E-state index contributed by atoms with van der Waals surface area (Å²) in [5.74, 6) is -3.30. The third-order valence-electron chi connectivity index (χ3n) is 5.69. The van der Waals surface area contributed by atoms with Crippen LogP contribution >= 0.6 is 0 Å². The van der Waals surface area contributed by atoms with Crippen LogP contribution in [0.25, 0.3) is 10.9 Å². The summed E-state index contributed by atoms with van der Waals surface area (Å²) in [6.45, 7) is 0.668. The number of piperidine rings is 1. The number of amides is 1. The molecule has 5 heteroatoms. The van der Waals surface area contributed by atoms with Crippen molar-refractivity contribution in [1.29, 1.82) is 0 Å². The summed E-state index contributed by atoms with van der Waals surface area (Å²) in [6, 6.07) is 10.1. The van der Waals surface area contributed by atoms with Gasteiger partial charge in [0.05, 0.1) is 6.04 Å². The second kappa shape index (κ2) is 6.43. The molecule has 25 heavy (non-hydrogen) atoms. The smallest absolute Gasteiger partial charge is 0.248 e. The molecule has 1 aromatic carbocycles. The molecule has 2 aromatic rings. The quantitative estimate of drug-likeness (QED) is 0.812. The number of hydrogen-bond acceptors (Lipinski definition) is 1. The highest BCUT2D eigenvalue weighted by Crippen LogP contribution is 2.40. The van der Waals surface area contributed by atoms with Gasteiger partial charge in [-0.1, -0.05) is 18.2 Å². The van der Waals surface area contributed by atoms with Gasteiger partial charge in [0.25, 0.3) is 0 Å². The number of carbonyl (C=O) groups excluding carboxylic acids is 1. The van der Waals surface area contributed by atoms with Gasteiger partial charge in [-0.15, -0.1) is 0 Å². The minimum absolute atomic E-state index is 0.0239. The number of rotatable bonds is 2. The number of aromatic amines is 1. The Balaban J connectivity index is 1.59. The maximum atomic E-state index is 13.8. The number of para-hydroxylation sites is 1. The highest BCUT2D eigenvalue weighted by molar-refractivity contribution is 5.82. The predicted octanol–water partition coefficient (Wildman–Crippen LogP) is 5.05. The van der Waals surface area contributed by atoms with Crippen molar-refractivity contribution in [2.45, 2.75) is 56.9 Å². The Bertz CT molecular complexity index is 737. The third kappa shape index (κ3) is 3.29. The van der Waals surface area contributed by atoms with E-state index >= 15 is 0 Å². The van der Waals surface area contributed by atoms with Crippen LogP contribution in [0.4, 0.5) is 8.78 Å². The first-order valence-electron chi connectivity index (χ1n) is 9.29. The standard InChI is InChI=1S/C20H24F2N2O/c21-20(22)10-5-7-15(13-20)19(25)24-11-4-3-9-18(24)17-12-14-6-1-2-8-16(14)23-17/h1-2,6,8,12,15,18,23H,3-5,7,9-11,13H2. The van der Waals surface area contributed by atoms with Gasteiger partial charge in [0, 0.05) is 36.5 Å². The van der Waals surface area contributed by atoms with Crippen molar-refractivity contribution in [3.05, 3.63) is 36.0 Å². The molecule has 3 nitrogen and oxygen atoms in total. The average Bonchev–Trinajstić information content (AvgIpc) is 3.04. The molecule has 1 saturated heterocycles. The van der Waals surface area contributed by atoms with Crippen molar-refractivity contribution in [2.75, 3.05) is 6.54 Å². The minimum atomic E-state index is -2.69. The molecule has 1 aromatic heterocycles. The van der Waals surface area contributed by atoms with Crippen LogP contribution < -0.4 is 0 Å². The van der Waals surface area contributed by atoms with Gasteiger partial charge < -0.3 is 9.88 Å².